The molecule has 2 aromatic carbocycles. The van der Waals surface area contributed by atoms with Crippen LogP contribution in [0, 0.1) is 0 Å². The van der Waals surface area contributed by atoms with E-state index in [1.165, 1.54) is 53.8 Å². The second kappa shape index (κ2) is 21.8. The number of nitrogens with zero attached hydrogens (tertiary/aromatic N) is 4. The topological polar surface area (TPSA) is 235 Å². The number of rotatable bonds is 12. The van der Waals surface area contributed by atoms with Crippen LogP contribution >= 0.6 is 15.9 Å². The van der Waals surface area contributed by atoms with E-state index in [9.17, 15) is 36.0 Å². The monoisotopic (exact) mass is 1210 g/mol. The molecule has 3 saturated heterocycles. The Hall–Kier alpha value is -5.31. The number of anilines is 2. The van der Waals surface area contributed by atoms with Crippen molar-refractivity contribution in [1.82, 2.24) is 9.13 Å². The molecule has 0 N–H and O–H groups in total. The molecule has 7 heterocycles. The molecule has 0 aliphatic carbocycles. The molecule has 80 heavy (non-hydrogen) atoms. The maximum Gasteiger partial charge on any atom is 0.497 e. The van der Waals surface area contributed by atoms with Gasteiger partial charge in [0.15, 0.2) is 11.6 Å². The zero-order chi connectivity index (χ0) is 59.8. The van der Waals surface area contributed by atoms with Gasteiger partial charge >= 0.3 is 21.1 Å². The van der Waals surface area contributed by atoms with Crippen LogP contribution in [0.5, 0.6) is 0 Å². The van der Waals surface area contributed by atoms with Gasteiger partial charge in [0.1, 0.15) is 11.2 Å². The third-order valence-corrected chi connectivity index (χ3v) is 18.8. The summed E-state index contributed by atoms with van der Waals surface area (Å²) in [6.07, 6.45) is 5.63. The Morgan fingerprint density at radius 3 is 1.23 bits per heavy atom. The highest BCUT2D eigenvalue weighted by atomic mass is 79.9. The molecular weight excluding hydrogens is 1140 g/mol. The number of carbonyl (C=O) groups is 2. The predicted octanol–water partition coefficient (Wildman–Crippen LogP) is 8.46. The quantitative estimate of drug-likeness (QED) is 0.0825. The summed E-state index contributed by atoms with van der Waals surface area (Å²) in [5, 5.41) is 0.947. The normalized spacial score (nSPS) is 18.7. The minimum absolute atomic E-state index is 0.0801. The van der Waals surface area contributed by atoms with Crippen molar-refractivity contribution in [3.63, 3.8) is 0 Å². The van der Waals surface area contributed by atoms with Crippen molar-refractivity contribution in [2.45, 2.75) is 143 Å². The fourth-order valence-corrected chi connectivity index (χ4v) is 10.4. The van der Waals surface area contributed by atoms with Crippen LogP contribution in [0.15, 0.2) is 96.0 Å². The largest absolute Gasteiger partial charge is 0.497 e. The van der Waals surface area contributed by atoms with Crippen molar-refractivity contribution in [1.29, 1.82) is 0 Å². The van der Waals surface area contributed by atoms with Crippen LogP contribution in [0.25, 0.3) is 33.7 Å². The maximum absolute atomic E-state index is 13.1. The standard InChI is InChI=1S/C24H29BN2O7S.C18H17BrN2O5S.C12H24B2O4/c1-8-18(28)21-15-13-16(25-33-23(2,3)24(4,5)34-25)17(26(6)35(7,30)31)14-19(15)32-22(21)27-12-10-9-11-20(27)29;1-4-14(22)17-11-9-12(19)13(20(2)27(3,24)25)10-15(11)26-18(17)21-8-6-5-7-16(21)23;1-9(2)10(3,4)16-13(15-9)14-17-11(5,6)12(7,8)18-14/h9-14H,8H2,1-7H3;5-10H,4H2,1-3H3;1-8H3. The van der Waals surface area contributed by atoms with E-state index in [0.717, 1.165) is 21.1 Å². The summed E-state index contributed by atoms with van der Waals surface area (Å²) < 4.78 is 102. The van der Waals surface area contributed by atoms with Crippen molar-refractivity contribution in [2.24, 2.45) is 0 Å². The minimum atomic E-state index is -3.66. The molecule has 3 aliphatic rings. The SMILES string of the molecule is CC1(C)OB(B2OC(C)(C)C(C)(C)O2)OC1(C)C.CCC(=O)c1c(-n2ccccc2=O)oc2cc(N(C)S(C)(=O)=O)c(B3OC(C)(C)C(C)(C)O3)cc12.CCC(=O)c1c(-n2ccccc2=O)oc2cc(N(C)S(C)(=O)=O)c(Br)cc12. The number of pyridine rings is 2. The van der Waals surface area contributed by atoms with E-state index < -0.39 is 52.4 Å². The molecule has 6 aromatic rings. The summed E-state index contributed by atoms with van der Waals surface area (Å²) in [6.45, 7) is 27.2. The van der Waals surface area contributed by atoms with E-state index in [4.69, 9.17) is 36.8 Å². The Labute approximate surface area is 477 Å². The number of fused-ring (bicyclic) bond motifs is 2. The van der Waals surface area contributed by atoms with Gasteiger partial charge in [0, 0.05) is 84.3 Å². The Kier molecular flexibility index (Phi) is 17.0. The second-order valence-corrected chi connectivity index (χ2v) is 27.8. The number of Topliss-reactive ketones (excluding diaryl/α,β-unsaturated/α-hetero) is 2. The molecule has 0 amide bonds. The third-order valence-electron chi connectivity index (χ3n) is 15.8. The molecule has 3 fully saturated rings. The molecule has 0 radical (unpaired) electrons. The molecule has 0 bridgehead atoms. The van der Waals surface area contributed by atoms with Crippen LogP contribution in [0.3, 0.4) is 0 Å². The fourth-order valence-electron chi connectivity index (χ4n) is 8.68. The van der Waals surface area contributed by atoms with E-state index >= 15 is 0 Å². The molecule has 430 valence electrons. The lowest BCUT2D eigenvalue weighted by atomic mass is 9.49. The lowest BCUT2D eigenvalue weighted by molar-refractivity contribution is 0.00578. The number of aromatic nitrogens is 2. The Bertz CT molecular complexity index is 3670. The van der Waals surface area contributed by atoms with Crippen LogP contribution in [-0.2, 0) is 48.0 Å². The lowest BCUT2D eigenvalue weighted by Crippen LogP contribution is -2.41. The fraction of sp³-hybridized carbons (Fsp3) is 0.481. The average Bonchev–Trinajstić information content (AvgIpc) is 4.31. The summed E-state index contributed by atoms with van der Waals surface area (Å²) in [7, 11) is -6.15. The minimum Gasteiger partial charge on any atom is -0.439 e. The zero-order valence-electron chi connectivity index (χ0n) is 48.6. The smallest absolute Gasteiger partial charge is 0.439 e. The predicted molar refractivity (Wildman–Crippen MR) is 315 cm³/mol. The molecule has 26 heteroatoms. The average molecular weight is 1210 g/mol. The first kappa shape index (κ1) is 62.3. The molecule has 9 rings (SSSR count). The summed E-state index contributed by atoms with van der Waals surface area (Å²) in [4.78, 5) is 50.4. The van der Waals surface area contributed by atoms with Gasteiger partial charge in [-0.3, -0.25) is 36.9 Å². The molecule has 20 nitrogen and oxygen atoms in total. The highest BCUT2D eigenvalue weighted by Crippen LogP contribution is 2.44. The summed E-state index contributed by atoms with van der Waals surface area (Å²) >= 11 is 3.37. The van der Waals surface area contributed by atoms with Crippen LogP contribution in [0.1, 0.15) is 130 Å². The van der Waals surface area contributed by atoms with Gasteiger partial charge in [-0.15, -0.1) is 0 Å². The van der Waals surface area contributed by atoms with Crippen molar-refractivity contribution in [2.75, 3.05) is 35.2 Å². The summed E-state index contributed by atoms with van der Waals surface area (Å²) in [5.41, 5.74) is -1.31. The van der Waals surface area contributed by atoms with Gasteiger partial charge in [0.25, 0.3) is 11.1 Å². The summed E-state index contributed by atoms with van der Waals surface area (Å²) in [6, 6.07) is 15.6. The van der Waals surface area contributed by atoms with Gasteiger partial charge in [-0.1, -0.05) is 26.0 Å². The molecule has 0 spiro atoms. The van der Waals surface area contributed by atoms with Gasteiger partial charge in [-0.05, 0) is 123 Å². The van der Waals surface area contributed by atoms with Gasteiger partial charge in [-0.2, -0.15) is 0 Å². The van der Waals surface area contributed by atoms with E-state index in [1.54, 1.807) is 56.3 Å². The zero-order valence-corrected chi connectivity index (χ0v) is 51.8. The van der Waals surface area contributed by atoms with Crippen molar-refractivity contribution >= 4 is 107 Å². The number of benzene rings is 2. The Balaban J connectivity index is 0.000000183. The number of carbonyl (C=O) groups excluding carboxylic acids is 2. The highest BCUT2D eigenvalue weighted by molar-refractivity contribution is 9.10. The Morgan fingerprint density at radius 2 is 0.875 bits per heavy atom. The van der Waals surface area contributed by atoms with Gasteiger partial charge in [-0.25, -0.2) is 16.8 Å². The lowest BCUT2D eigenvalue weighted by Gasteiger charge is -2.32. The number of halogens is 1. The second-order valence-electron chi connectivity index (χ2n) is 22.9. The molecule has 4 aromatic heterocycles. The van der Waals surface area contributed by atoms with E-state index in [1.807, 2.05) is 83.1 Å². The number of ketones is 2. The van der Waals surface area contributed by atoms with Gasteiger partial charge < -0.3 is 36.8 Å². The van der Waals surface area contributed by atoms with Crippen molar-refractivity contribution in [3.05, 3.63) is 109 Å². The maximum atomic E-state index is 13.1. The van der Waals surface area contributed by atoms with Gasteiger partial charge in [0.05, 0.1) is 68.6 Å². The molecular formula is C54H70B3BrN4O16S2. The van der Waals surface area contributed by atoms with Crippen LogP contribution in [0.2, 0.25) is 0 Å². The highest BCUT2D eigenvalue weighted by Gasteiger charge is 2.64. The van der Waals surface area contributed by atoms with Crippen molar-refractivity contribution in [3.8, 4) is 11.8 Å². The summed E-state index contributed by atoms with van der Waals surface area (Å²) in [5.74, 6) is -0.209. The number of hydrogen-bond donors (Lipinski definition) is 0. The molecule has 0 atom stereocenters. The van der Waals surface area contributed by atoms with E-state index in [-0.39, 0.29) is 92.1 Å². The number of hydrogen-bond acceptors (Lipinski definition) is 16. The van der Waals surface area contributed by atoms with E-state index in [0.29, 0.717) is 32.0 Å². The molecule has 3 aliphatic heterocycles. The van der Waals surface area contributed by atoms with E-state index in [2.05, 4.69) is 15.9 Å². The first-order chi connectivity index (χ1) is 36.7. The third kappa shape index (κ3) is 11.8. The van der Waals surface area contributed by atoms with Crippen LogP contribution in [-0.4, -0.2) is 119 Å². The Morgan fingerprint density at radius 1 is 0.537 bits per heavy atom. The van der Waals surface area contributed by atoms with Crippen LogP contribution in [0.4, 0.5) is 11.4 Å². The molecule has 0 unspecified atom stereocenters. The van der Waals surface area contributed by atoms with Crippen molar-refractivity contribution < 1.29 is 63.2 Å². The van der Waals surface area contributed by atoms with Crippen LogP contribution < -0.4 is 25.2 Å². The molecule has 0 saturated carbocycles. The number of furan rings is 2. The number of sulfonamides is 2. The first-order valence-electron chi connectivity index (χ1n) is 25.9. The first-order valence-corrected chi connectivity index (χ1v) is 30.4. The van der Waals surface area contributed by atoms with Gasteiger partial charge in [0.2, 0.25) is 31.8 Å².